The van der Waals surface area contributed by atoms with Crippen LogP contribution in [0, 0.1) is 5.92 Å². The average molecular weight is 293 g/mol. The Labute approximate surface area is 129 Å². The molecule has 0 saturated heterocycles. The van der Waals surface area contributed by atoms with Crippen LogP contribution in [0.1, 0.15) is 64.5 Å². The monoisotopic (exact) mass is 293 g/mol. The summed E-state index contributed by atoms with van der Waals surface area (Å²) in [6, 6.07) is 5.81. The lowest BCUT2D eigenvalue weighted by atomic mass is 10.0. The lowest BCUT2D eigenvalue weighted by Gasteiger charge is -2.15. The van der Waals surface area contributed by atoms with E-state index in [2.05, 4.69) is 26.1 Å². The molecular formula is C18H31NO2. The number of phenolic OH excluding ortho intramolecular Hbond substituents is 1. The second kappa shape index (κ2) is 9.67. The van der Waals surface area contributed by atoms with Gasteiger partial charge in [-0.25, -0.2) is 0 Å². The molecule has 21 heavy (non-hydrogen) atoms. The van der Waals surface area contributed by atoms with Crippen LogP contribution in [0.15, 0.2) is 18.2 Å². The Morgan fingerprint density at radius 2 is 1.81 bits per heavy atom. The largest absolute Gasteiger partial charge is 0.504 e. The number of phenols is 1. The number of aromatic hydroxyl groups is 1. The number of hydrogen-bond donors (Lipinski definition) is 2. The number of rotatable bonds is 10. The molecule has 0 aliphatic heterocycles. The molecule has 120 valence electrons. The fourth-order valence-electron chi connectivity index (χ4n) is 2.43. The Bertz CT molecular complexity index is 404. The van der Waals surface area contributed by atoms with Gasteiger partial charge in [0.25, 0.3) is 0 Å². The van der Waals surface area contributed by atoms with Gasteiger partial charge in [-0.3, -0.25) is 0 Å². The highest BCUT2D eigenvalue weighted by Gasteiger charge is 2.08. The van der Waals surface area contributed by atoms with Crippen molar-refractivity contribution in [2.24, 2.45) is 5.92 Å². The van der Waals surface area contributed by atoms with Crippen molar-refractivity contribution in [2.45, 2.75) is 58.9 Å². The van der Waals surface area contributed by atoms with Gasteiger partial charge >= 0.3 is 0 Å². The molecule has 3 nitrogen and oxygen atoms in total. The van der Waals surface area contributed by atoms with Crippen molar-refractivity contribution in [1.82, 2.24) is 5.32 Å². The molecule has 0 heterocycles. The molecule has 1 aromatic carbocycles. The Morgan fingerprint density at radius 3 is 2.48 bits per heavy atom. The zero-order chi connectivity index (χ0) is 15.7. The van der Waals surface area contributed by atoms with Crippen LogP contribution in [-0.2, 0) is 0 Å². The highest BCUT2D eigenvalue weighted by molar-refractivity contribution is 5.42. The molecule has 1 aromatic rings. The van der Waals surface area contributed by atoms with Crippen LogP contribution in [0.25, 0.3) is 0 Å². The van der Waals surface area contributed by atoms with E-state index in [1.54, 1.807) is 13.2 Å². The maximum Gasteiger partial charge on any atom is 0.160 e. The molecule has 1 unspecified atom stereocenters. The maximum atomic E-state index is 9.61. The Kier molecular flexibility index (Phi) is 8.21. The standard InChI is InChI=1S/C18H31NO2/c1-14(2)9-7-5-6-8-12-19-15(3)16-10-11-17(20)18(13-16)21-4/h10-11,13-15,19-20H,5-9,12H2,1-4H3. The topological polar surface area (TPSA) is 41.5 Å². The van der Waals surface area contributed by atoms with Crippen LogP contribution in [0.5, 0.6) is 11.5 Å². The van der Waals surface area contributed by atoms with E-state index in [0.717, 1.165) is 18.0 Å². The summed E-state index contributed by atoms with van der Waals surface area (Å²) in [6.07, 6.45) is 6.55. The smallest absolute Gasteiger partial charge is 0.160 e. The van der Waals surface area contributed by atoms with Crippen LogP contribution in [0.3, 0.4) is 0 Å². The summed E-state index contributed by atoms with van der Waals surface area (Å²) in [6.45, 7) is 7.75. The fourth-order valence-corrected chi connectivity index (χ4v) is 2.43. The third-order valence-corrected chi connectivity index (χ3v) is 3.86. The minimum absolute atomic E-state index is 0.193. The SMILES string of the molecule is COc1cc(C(C)NCCCCCCC(C)C)ccc1O. The molecule has 1 rings (SSSR count). The molecule has 0 fully saturated rings. The first-order valence-electron chi connectivity index (χ1n) is 8.15. The van der Waals surface area contributed by atoms with Gasteiger partial charge < -0.3 is 15.2 Å². The quantitative estimate of drug-likeness (QED) is 0.617. The summed E-state index contributed by atoms with van der Waals surface area (Å²) >= 11 is 0. The molecular weight excluding hydrogens is 262 g/mol. The predicted octanol–water partition coefficient (Wildman–Crippen LogP) is 4.66. The Morgan fingerprint density at radius 1 is 1.10 bits per heavy atom. The van der Waals surface area contributed by atoms with E-state index < -0.39 is 0 Å². The molecule has 0 radical (unpaired) electrons. The number of unbranched alkanes of at least 4 members (excludes halogenated alkanes) is 3. The van der Waals surface area contributed by atoms with E-state index in [4.69, 9.17) is 4.74 Å². The van der Waals surface area contributed by atoms with Gasteiger partial charge in [0.15, 0.2) is 11.5 Å². The Hall–Kier alpha value is -1.22. The molecule has 0 amide bonds. The molecule has 3 heteroatoms. The van der Waals surface area contributed by atoms with Crippen molar-refractivity contribution in [3.05, 3.63) is 23.8 Å². The van der Waals surface area contributed by atoms with Crippen LogP contribution in [0.2, 0.25) is 0 Å². The normalized spacial score (nSPS) is 12.6. The summed E-state index contributed by atoms with van der Waals surface area (Å²) in [5, 5.41) is 13.1. The minimum atomic E-state index is 0.193. The van der Waals surface area contributed by atoms with Crippen LogP contribution < -0.4 is 10.1 Å². The summed E-state index contributed by atoms with van der Waals surface area (Å²) in [5.41, 5.74) is 1.14. The first-order chi connectivity index (χ1) is 10.0. The van der Waals surface area contributed by atoms with Crippen LogP contribution in [-0.4, -0.2) is 18.8 Å². The van der Waals surface area contributed by atoms with E-state index in [9.17, 15) is 5.11 Å². The van der Waals surface area contributed by atoms with Gasteiger partial charge in [0, 0.05) is 6.04 Å². The molecule has 0 spiro atoms. The zero-order valence-corrected chi connectivity index (χ0v) is 14.0. The van der Waals surface area contributed by atoms with E-state index in [1.807, 2.05) is 12.1 Å². The lowest BCUT2D eigenvalue weighted by Crippen LogP contribution is -2.19. The number of nitrogens with one attached hydrogen (secondary N) is 1. The summed E-state index contributed by atoms with van der Waals surface area (Å²) in [7, 11) is 1.58. The highest BCUT2D eigenvalue weighted by Crippen LogP contribution is 2.28. The second-order valence-corrected chi connectivity index (χ2v) is 6.20. The molecule has 2 N–H and O–H groups in total. The molecule has 1 atom stereocenters. The predicted molar refractivity (Wildman–Crippen MR) is 89.0 cm³/mol. The van der Waals surface area contributed by atoms with Gasteiger partial charge in [-0.15, -0.1) is 0 Å². The third-order valence-electron chi connectivity index (χ3n) is 3.86. The van der Waals surface area contributed by atoms with Gasteiger partial charge in [-0.2, -0.15) is 0 Å². The summed E-state index contributed by atoms with van der Waals surface area (Å²) in [5.74, 6) is 1.56. The van der Waals surface area contributed by atoms with Crippen molar-refractivity contribution < 1.29 is 9.84 Å². The summed E-state index contributed by atoms with van der Waals surface area (Å²) in [4.78, 5) is 0. The van der Waals surface area contributed by atoms with Gasteiger partial charge in [0.2, 0.25) is 0 Å². The van der Waals surface area contributed by atoms with Gasteiger partial charge in [-0.1, -0.05) is 45.6 Å². The van der Waals surface area contributed by atoms with E-state index >= 15 is 0 Å². The number of ether oxygens (including phenoxy) is 1. The van der Waals surface area contributed by atoms with Crippen molar-refractivity contribution >= 4 is 0 Å². The van der Waals surface area contributed by atoms with Crippen molar-refractivity contribution in [2.75, 3.05) is 13.7 Å². The number of hydrogen-bond acceptors (Lipinski definition) is 3. The molecule has 0 aliphatic carbocycles. The third kappa shape index (κ3) is 6.85. The second-order valence-electron chi connectivity index (χ2n) is 6.20. The molecule has 0 aromatic heterocycles. The fraction of sp³-hybridized carbons (Fsp3) is 0.667. The first-order valence-corrected chi connectivity index (χ1v) is 8.15. The van der Waals surface area contributed by atoms with Gasteiger partial charge in [-0.05, 0) is 43.5 Å². The van der Waals surface area contributed by atoms with Gasteiger partial charge in [0.1, 0.15) is 0 Å². The lowest BCUT2D eigenvalue weighted by molar-refractivity contribution is 0.372. The van der Waals surface area contributed by atoms with Gasteiger partial charge in [0.05, 0.1) is 7.11 Å². The molecule has 0 aliphatic rings. The molecule has 0 saturated carbocycles. The van der Waals surface area contributed by atoms with E-state index in [1.165, 1.54) is 32.1 Å². The Balaban J connectivity index is 2.23. The average Bonchev–Trinajstić information content (AvgIpc) is 2.46. The van der Waals surface area contributed by atoms with E-state index in [0.29, 0.717) is 5.75 Å². The summed E-state index contributed by atoms with van der Waals surface area (Å²) < 4.78 is 5.15. The van der Waals surface area contributed by atoms with E-state index in [-0.39, 0.29) is 11.8 Å². The first kappa shape index (κ1) is 17.8. The van der Waals surface area contributed by atoms with Crippen LogP contribution in [0.4, 0.5) is 0 Å². The maximum absolute atomic E-state index is 9.61. The van der Waals surface area contributed by atoms with Crippen molar-refractivity contribution in [3.63, 3.8) is 0 Å². The number of benzene rings is 1. The van der Waals surface area contributed by atoms with Crippen molar-refractivity contribution in [3.8, 4) is 11.5 Å². The van der Waals surface area contributed by atoms with Crippen molar-refractivity contribution in [1.29, 1.82) is 0 Å². The number of methoxy groups -OCH3 is 1. The zero-order valence-electron chi connectivity index (χ0n) is 14.0. The van der Waals surface area contributed by atoms with Crippen LogP contribution >= 0.6 is 0 Å². The minimum Gasteiger partial charge on any atom is -0.504 e. The molecule has 0 bridgehead atoms. The highest BCUT2D eigenvalue weighted by atomic mass is 16.5.